The molecule has 3 nitrogen and oxygen atoms in total. The van der Waals surface area contributed by atoms with Crippen molar-refractivity contribution < 1.29 is 4.79 Å². The number of alkyl halides is 1. The van der Waals surface area contributed by atoms with E-state index in [0.717, 1.165) is 30.4 Å². The average Bonchev–Trinajstić information content (AvgIpc) is 2.25. The first-order chi connectivity index (χ1) is 7.25. The van der Waals surface area contributed by atoms with Gasteiger partial charge in [-0.3, -0.25) is 9.78 Å². The molecule has 0 unspecified atom stereocenters. The number of hydrogen-bond acceptors (Lipinski definition) is 2. The first-order valence-electron chi connectivity index (χ1n) is 5.01. The Morgan fingerprint density at radius 1 is 1.53 bits per heavy atom. The van der Waals surface area contributed by atoms with Gasteiger partial charge in [0.1, 0.15) is 0 Å². The normalized spacial score (nSPS) is 10.0. The highest BCUT2D eigenvalue weighted by Gasteiger charge is 2.07. The van der Waals surface area contributed by atoms with Crippen LogP contribution in [0, 0.1) is 6.92 Å². The largest absolute Gasteiger partial charge is 0.352 e. The highest BCUT2D eigenvalue weighted by molar-refractivity contribution is 9.09. The summed E-state index contributed by atoms with van der Waals surface area (Å²) >= 11 is 3.35. The molecule has 0 saturated heterocycles. The number of carbonyl (C=O) groups excluding carboxylic acids is 1. The molecule has 15 heavy (non-hydrogen) atoms. The molecule has 0 saturated carbocycles. The SMILES string of the molecule is Cc1ncccc1C(=O)NCCCCBr. The van der Waals surface area contributed by atoms with Crippen molar-refractivity contribution >= 4 is 21.8 Å². The van der Waals surface area contributed by atoms with E-state index in [4.69, 9.17) is 0 Å². The van der Waals surface area contributed by atoms with Crippen molar-refractivity contribution in [3.63, 3.8) is 0 Å². The molecular weight excluding hydrogens is 256 g/mol. The summed E-state index contributed by atoms with van der Waals surface area (Å²) in [6.07, 6.45) is 3.76. The minimum atomic E-state index is -0.0322. The Labute approximate surface area is 98.4 Å². The van der Waals surface area contributed by atoms with Crippen molar-refractivity contribution in [3.8, 4) is 0 Å². The number of nitrogens with one attached hydrogen (secondary N) is 1. The van der Waals surface area contributed by atoms with Crippen LogP contribution in [0.5, 0.6) is 0 Å². The first-order valence-corrected chi connectivity index (χ1v) is 6.13. The molecule has 0 spiro atoms. The van der Waals surface area contributed by atoms with Crippen molar-refractivity contribution in [1.29, 1.82) is 0 Å². The molecule has 0 fully saturated rings. The zero-order chi connectivity index (χ0) is 11.1. The Morgan fingerprint density at radius 2 is 2.33 bits per heavy atom. The summed E-state index contributed by atoms with van der Waals surface area (Å²) in [6.45, 7) is 2.56. The number of hydrogen-bond donors (Lipinski definition) is 1. The Bertz CT molecular complexity index is 328. The maximum absolute atomic E-state index is 11.7. The molecule has 1 aromatic heterocycles. The summed E-state index contributed by atoms with van der Waals surface area (Å²) in [5, 5.41) is 3.86. The summed E-state index contributed by atoms with van der Waals surface area (Å²) < 4.78 is 0. The third kappa shape index (κ3) is 4.00. The van der Waals surface area contributed by atoms with Crippen LogP contribution in [-0.4, -0.2) is 22.8 Å². The fraction of sp³-hybridized carbons (Fsp3) is 0.455. The second-order valence-corrected chi connectivity index (χ2v) is 4.08. The molecular formula is C11H15BrN2O. The number of halogens is 1. The van der Waals surface area contributed by atoms with E-state index in [1.54, 1.807) is 18.3 Å². The zero-order valence-electron chi connectivity index (χ0n) is 8.79. The number of amides is 1. The maximum Gasteiger partial charge on any atom is 0.253 e. The van der Waals surface area contributed by atoms with Crippen LogP contribution in [-0.2, 0) is 0 Å². The quantitative estimate of drug-likeness (QED) is 0.659. The van der Waals surface area contributed by atoms with Crippen LogP contribution in [0.2, 0.25) is 0 Å². The lowest BCUT2D eigenvalue weighted by Crippen LogP contribution is -2.25. The third-order valence-corrected chi connectivity index (χ3v) is 2.66. The van der Waals surface area contributed by atoms with E-state index in [2.05, 4.69) is 26.2 Å². The van der Waals surface area contributed by atoms with Gasteiger partial charge >= 0.3 is 0 Å². The lowest BCUT2D eigenvalue weighted by molar-refractivity contribution is 0.0952. The van der Waals surface area contributed by atoms with Gasteiger partial charge in [0.05, 0.1) is 5.56 Å². The minimum absolute atomic E-state index is 0.0322. The van der Waals surface area contributed by atoms with Gasteiger partial charge in [0.2, 0.25) is 0 Å². The van der Waals surface area contributed by atoms with Gasteiger partial charge in [0.15, 0.2) is 0 Å². The average molecular weight is 271 g/mol. The first kappa shape index (κ1) is 12.2. The van der Waals surface area contributed by atoms with Crippen LogP contribution < -0.4 is 5.32 Å². The zero-order valence-corrected chi connectivity index (χ0v) is 10.4. The van der Waals surface area contributed by atoms with Gasteiger partial charge in [0.25, 0.3) is 5.91 Å². The Kier molecular flexibility index (Phi) is 5.32. The molecule has 1 rings (SSSR count). The summed E-state index contributed by atoms with van der Waals surface area (Å²) in [5.74, 6) is -0.0322. The van der Waals surface area contributed by atoms with E-state index in [1.807, 2.05) is 6.92 Å². The van der Waals surface area contributed by atoms with Crippen LogP contribution in [0.1, 0.15) is 28.9 Å². The summed E-state index contributed by atoms with van der Waals surface area (Å²) in [7, 11) is 0. The number of unbranched alkanes of at least 4 members (excludes halogenated alkanes) is 1. The van der Waals surface area contributed by atoms with Gasteiger partial charge < -0.3 is 5.32 Å². The molecule has 1 aromatic rings. The number of aromatic nitrogens is 1. The Balaban J connectivity index is 2.44. The maximum atomic E-state index is 11.7. The van der Waals surface area contributed by atoms with Crippen LogP contribution >= 0.6 is 15.9 Å². The molecule has 1 N–H and O–H groups in total. The molecule has 4 heteroatoms. The third-order valence-electron chi connectivity index (χ3n) is 2.10. The fourth-order valence-corrected chi connectivity index (χ4v) is 1.64. The predicted octanol–water partition coefficient (Wildman–Crippen LogP) is 2.29. The highest BCUT2D eigenvalue weighted by Crippen LogP contribution is 2.03. The highest BCUT2D eigenvalue weighted by atomic mass is 79.9. The fourth-order valence-electron chi connectivity index (χ4n) is 1.24. The lowest BCUT2D eigenvalue weighted by atomic mass is 10.2. The molecule has 0 bridgehead atoms. The van der Waals surface area contributed by atoms with Gasteiger partial charge in [0, 0.05) is 23.8 Å². The van der Waals surface area contributed by atoms with E-state index in [0.29, 0.717) is 5.56 Å². The topological polar surface area (TPSA) is 42.0 Å². The molecule has 0 radical (unpaired) electrons. The van der Waals surface area contributed by atoms with E-state index in [-0.39, 0.29) is 5.91 Å². The van der Waals surface area contributed by atoms with Crippen LogP contribution in [0.3, 0.4) is 0 Å². The Morgan fingerprint density at radius 3 is 3.00 bits per heavy atom. The smallest absolute Gasteiger partial charge is 0.253 e. The van der Waals surface area contributed by atoms with Crippen molar-refractivity contribution in [3.05, 3.63) is 29.6 Å². The summed E-state index contributed by atoms with van der Waals surface area (Å²) in [6, 6.07) is 3.57. The van der Waals surface area contributed by atoms with E-state index < -0.39 is 0 Å². The van der Waals surface area contributed by atoms with E-state index in [9.17, 15) is 4.79 Å². The molecule has 82 valence electrons. The van der Waals surface area contributed by atoms with Crippen LogP contribution in [0.15, 0.2) is 18.3 Å². The molecule has 1 heterocycles. The molecule has 0 aliphatic heterocycles. The number of rotatable bonds is 5. The number of carbonyl (C=O) groups is 1. The standard InChI is InChI=1S/C11H15BrN2O/c1-9-10(5-4-8-13-9)11(15)14-7-3-2-6-12/h4-5,8H,2-3,6-7H2,1H3,(H,14,15). The van der Waals surface area contributed by atoms with Crippen LogP contribution in [0.4, 0.5) is 0 Å². The summed E-state index contributed by atoms with van der Waals surface area (Å²) in [5.41, 5.74) is 1.44. The Hall–Kier alpha value is -0.900. The van der Waals surface area contributed by atoms with Gasteiger partial charge in [-0.15, -0.1) is 0 Å². The van der Waals surface area contributed by atoms with Crippen LogP contribution in [0.25, 0.3) is 0 Å². The van der Waals surface area contributed by atoms with Gasteiger partial charge in [-0.05, 0) is 31.9 Å². The second kappa shape index (κ2) is 6.56. The predicted molar refractivity (Wildman–Crippen MR) is 64.3 cm³/mol. The van der Waals surface area contributed by atoms with Gasteiger partial charge in [-0.1, -0.05) is 15.9 Å². The molecule has 0 atom stereocenters. The van der Waals surface area contributed by atoms with Crippen molar-refractivity contribution in [2.24, 2.45) is 0 Å². The van der Waals surface area contributed by atoms with Crippen molar-refractivity contribution in [2.75, 3.05) is 11.9 Å². The van der Waals surface area contributed by atoms with E-state index in [1.165, 1.54) is 0 Å². The van der Waals surface area contributed by atoms with E-state index >= 15 is 0 Å². The van der Waals surface area contributed by atoms with Crippen molar-refractivity contribution in [1.82, 2.24) is 10.3 Å². The molecule has 0 aliphatic carbocycles. The number of aryl methyl sites for hydroxylation is 1. The molecule has 1 amide bonds. The van der Waals surface area contributed by atoms with Crippen molar-refractivity contribution in [2.45, 2.75) is 19.8 Å². The number of pyridine rings is 1. The minimum Gasteiger partial charge on any atom is -0.352 e. The second-order valence-electron chi connectivity index (χ2n) is 3.29. The molecule has 0 aromatic carbocycles. The lowest BCUT2D eigenvalue weighted by Gasteiger charge is -2.05. The van der Waals surface area contributed by atoms with Gasteiger partial charge in [-0.2, -0.15) is 0 Å². The number of nitrogens with zero attached hydrogens (tertiary/aromatic N) is 1. The van der Waals surface area contributed by atoms with Gasteiger partial charge in [-0.25, -0.2) is 0 Å². The summed E-state index contributed by atoms with van der Waals surface area (Å²) in [4.78, 5) is 15.7. The molecule has 0 aliphatic rings. The monoisotopic (exact) mass is 270 g/mol.